The van der Waals surface area contributed by atoms with Crippen LogP contribution in [0.15, 0.2) is 0 Å². The number of esters is 1. The quantitative estimate of drug-likeness (QED) is 0.687. The molecule has 1 N–H and O–H groups in total. The van der Waals surface area contributed by atoms with Gasteiger partial charge in [-0.25, -0.2) is 0 Å². The Balaban J connectivity index is 2.17. The first-order valence-electron chi connectivity index (χ1n) is 6.06. The zero-order valence-corrected chi connectivity index (χ0v) is 10.1. The molecule has 0 amide bonds. The minimum Gasteiger partial charge on any atom is -0.465 e. The van der Waals surface area contributed by atoms with Crippen molar-refractivity contribution >= 4 is 5.97 Å². The molecular formula is C12H23NO2. The van der Waals surface area contributed by atoms with E-state index in [1.165, 1.54) is 25.7 Å². The van der Waals surface area contributed by atoms with E-state index in [1.807, 2.05) is 13.8 Å². The van der Waals surface area contributed by atoms with Crippen LogP contribution >= 0.6 is 0 Å². The number of carbonyl (C=O) groups is 1. The number of rotatable bonds is 6. The largest absolute Gasteiger partial charge is 0.465 e. The van der Waals surface area contributed by atoms with Crippen LogP contribution in [-0.4, -0.2) is 24.7 Å². The van der Waals surface area contributed by atoms with E-state index in [0.717, 1.165) is 5.92 Å². The molecule has 3 nitrogen and oxygen atoms in total. The monoisotopic (exact) mass is 213 g/mol. The minimum atomic E-state index is -0.181. The number of ether oxygens (including phenoxy) is 1. The van der Waals surface area contributed by atoms with Crippen LogP contribution in [0.3, 0.4) is 0 Å². The van der Waals surface area contributed by atoms with Gasteiger partial charge in [-0.3, -0.25) is 4.79 Å². The lowest BCUT2D eigenvalue weighted by molar-refractivity contribution is -0.145. The van der Waals surface area contributed by atoms with Gasteiger partial charge in [-0.1, -0.05) is 19.3 Å². The number of hydrogen-bond donors (Lipinski definition) is 1. The molecule has 2 atom stereocenters. The summed E-state index contributed by atoms with van der Waals surface area (Å²) in [5.41, 5.74) is 0. The summed E-state index contributed by atoms with van der Waals surface area (Å²) < 4.78 is 4.95. The molecule has 1 saturated carbocycles. The van der Waals surface area contributed by atoms with Crippen LogP contribution < -0.4 is 5.32 Å². The molecule has 0 aromatic carbocycles. The maximum Gasteiger partial charge on any atom is 0.322 e. The van der Waals surface area contributed by atoms with Crippen LogP contribution in [0, 0.1) is 5.92 Å². The topological polar surface area (TPSA) is 38.3 Å². The average molecular weight is 213 g/mol. The molecule has 1 fully saturated rings. The van der Waals surface area contributed by atoms with Crippen LogP contribution in [0.2, 0.25) is 0 Å². The van der Waals surface area contributed by atoms with Crippen molar-refractivity contribution in [2.24, 2.45) is 5.92 Å². The third-order valence-corrected chi connectivity index (χ3v) is 3.09. The van der Waals surface area contributed by atoms with Crippen LogP contribution in [0.5, 0.6) is 0 Å². The average Bonchev–Trinajstić information content (AvgIpc) is 2.12. The van der Waals surface area contributed by atoms with Crippen molar-refractivity contribution in [3.63, 3.8) is 0 Å². The summed E-state index contributed by atoms with van der Waals surface area (Å²) in [5, 5.41) is 3.29. The van der Waals surface area contributed by atoms with E-state index in [9.17, 15) is 4.79 Å². The standard InChI is InChI=1S/C12H23NO2/c1-4-15-12(14)10(3)13-9(2)8-11-6-5-7-11/h9-11,13H,4-8H2,1-3H3. The van der Waals surface area contributed by atoms with Gasteiger partial charge in [-0.05, 0) is 33.1 Å². The van der Waals surface area contributed by atoms with Gasteiger partial charge in [0.15, 0.2) is 0 Å². The minimum absolute atomic E-state index is 0.141. The van der Waals surface area contributed by atoms with Gasteiger partial charge in [0.2, 0.25) is 0 Å². The summed E-state index contributed by atoms with van der Waals surface area (Å²) in [4.78, 5) is 11.4. The lowest BCUT2D eigenvalue weighted by atomic mass is 9.81. The zero-order valence-electron chi connectivity index (χ0n) is 10.1. The molecule has 0 saturated heterocycles. The summed E-state index contributed by atoms with van der Waals surface area (Å²) in [5.74, 6) is 0.736. The molecule has 15 heavy (non-hydrogen) atoms. The maximum absolute atomic E-state index is 11.4. The molecule has 0 heterocycles. The first-order chi connectivity index (χ1) is 7.13. The molecule has 0 aliphatic heterocycles. The van der Waals surface area contributed by atoms with E-state index < -0.39 is 0 Å². The van der Waals surface area contributed by atoms with E-state index in [2.05, 4.69) is 12.2 Å². The van der Waals surface area contributed by atoms with Crippen molar-refractivity contribution in [1.29, 1.82) is 0 Å². The van der Waals surface area contributed by atoms with Crippen molar-refractivity contribution in [2.75, 3.05) is 6.61 Å². The van der Waals surface area contributed by atoms with Crippen molar-refractivity contribution in [3.8, 4) is 0 Å². The van der Waals surface area contributed by atoms with Crippen LogP contribution in [0.4, 0.5) is 0 Å². The third kappa shape index (κ3) is 4.20. The highest BCUT2D eigenvalue weighted by molar-refractivity contribution is 5.75. The van der Waals surface area contributed by atoms with Crippen molar-refractivity contribution in [1.82, 2.24) is 5.32 Å². The van der Waals surface area contributed by atoms with Crippen molar-refractivity contribution in [2.45, 2.75) is 58.5 Å². The number of hydrogen-bond acceptors (Lipinski definition) is 3. The Bertz CT molecular complexity index is 202. The summed E-state index contributed by atoms with van der Waals surface area (Å²) in [6.07, 6.45) is 5.29. The normalized spacial score (nSPS) is 20.5. The molecule has 0 spiro atoms. The van der Waals surface area contributed by atoms with Crippen LogP contribution in [0.25, 0.3) is 0 Å². The number of carbonyl (C=O) groups excluding carboxylic acids is 1. The predicted molar refractivity (Wildman–Crippen MR) is 60.7 cm³/mol. The lowest BCUT2D eigenvalue weighted by Crippen LogP contribution is -2.42. The Morgan fingerprint density at radius 2 is 2.13 bits per heavy atom. The van der Waals surface area contributed by atoms with Gasteiger partial charge < -0.3 is 10.1 Å². The molecule has 0 aromatic rings. The SMILES string of the molecule is CCOC(=O)C(C)NC(C)CC1CCC1. The van der Waals surface area contributed by atoms with E-state index >= 15 is 0 Å². The van der Waals surface area contributed by atoms with Crippen molar-refractivity contribution in [3.05, 3.63) is 0 Å². The first-order valence-corrected chi connectivity index (χ1v) is 6.06. The summed E-state index contributed by atoms with van der Waals surface area (Å²) in [7, 11) is 0. The van der Waals surface area contributed by atoms with Gasteiger partial charge in [-0.2, -0.15) is 0 Å². The highest BCUT2D eigenvalue weighted by Crippen LogP contribution is 2.30. The molecule has 0 radical (unpaired) electrons. The highest BCUT2D eigenvalue weighted by Gasteiger charge is 2.22. The van der Waals surface area contributed by atoms with Crippen molar-refractivity contribution < 1.29 is 9.53 Å². The Hall–Kier alpha value is -0.570. The molecule has 1 aliphatic rings. The van der Waals surface area contributed by atoms with E-state index in [0.29, 0.717) is 12.6 Å². The number of nitrogens with one attached hydrogen (secondary N) is 1. The predicted octanol–water partition coefficient (Wildman–Crippen LogP) is 2.11. The second-order valence-corrected chi connectivity index (χ2v) is 4.57. The summed E-state index contributed by atoms with van der Waals surface area (Å²) >= 11 is 0. The van der Waals surface area contributed by atoms with Gasteiger partial charge in [-0.15, -0.1) is 0 Å². The zero-order chi connectivity index (χ0) is 11.3. The van der Waals surface area contributed by atoms with Gasteiger partial charge in [0.05, 0.1) is 6.61 Å². The molecule has 1 aliphatic carbocycles. The second-order valence-electron chi connectivity index (χ2n) is 4.57. The fraction of sp³-hybridized carbons (Fsp3) is 0.917. The molecule has 2 unspecified atom stereocenters. The molecule has 1 rings (SSSR count). The first kappa shape index (κ1) is 12.5. The lowest BCUT2D eigenvalue weighted by Gasteiger charge is -2.29. The molecule has 0 aromatic heterocycles. The second kappa shape index (κ2) is 6.11. The Kier molecular flexibility index (Phi) is 5.09. The molecular weight excluding hydrogens is 190 g/mol. The fourth-order valence-electron chi connectivity index (χ4n) is 2.06. The van der Waals surface area contributed by atoms with Gasteiger partial charge in [0.25, 0.3) is 0 Å². The van der Waals surface area contributed by atoms with E-state index in [4.69, 9.17) is 4.74 Å². The fourth-order valence-corrected chi connectivity index (χ4v) is 2.06. The maximum atomic E-state index is 11.4. The Morgan fingerprint density at radius 1 is 1.47 bits per heavy atom. The Labute approximate surface area is 92.6 Å². The summed E-state index contributed by atoms with van der Waals surface area (Å²) in [6.45, 7) is 6.31. The van der Waals surface area contributed by atoms with Crippen LogP contribution in [-0.2, 0) is 9.53 Å². The van der Waals surface area contributed by atoms with Gasteiger partial charge >= 0.3 is 5.97 Å². The van der Waals surface area contributed by atoms with Gasteiger partial charge in [0, 0.05) is 6.04 Å². The smallest absolute Gasteiger partial charge is 0.322 e. The van der Waals surface area contributed by atoms with Crippen LogP contribution in [0.1, 0.15) is 46.5 Å². The van der Waals surface area contributed by atoms with E-state index in [1.54, 1.807) is 0 Å². The Morgan fingerprint density at radius 3 is 2.60 bits per heavy atom. The van der Waals surface area contributed by atoms with Gasteiger partial charge in [0.1, 0.15) is 6.04 Å². The van der Waals surface area contributed by atoms with E-state index in [-0.39, 0.29) is 12.0 Å². The third-order valence-electron chi connectivity index (χ3n) is 3.09. The summed E-state index contributed by atoms with van der Waals surface area (Å²) in [6, 6.07) is 0.231. The molecule has 0 bridgehead atoms. The molecule has 3 heteroatoms. The molecule has 88 valence electrons. The highest BCUT2D eigenvalue weighted by atomic mass is 16.5.